The number of halogens is 1. The molecule has 25 heavy (non-hydrogen) atoms. The van der Waals surface area contributed by atoms with Crippen molar-refractivity contribution in [3.05, 3.63) is 12.1 Å². The zero-order valence-corrected chi connectivity index (χ0v) is 16.0. The van der Waals surface area contributed by atoms with Crippen LogP contribution in [-0.4, -0.2) is 33.8 Å². The van der Waals surface area contributed by atoms with Gasteiger partial charge < -0.3 is 25.3 Å². The Balaban J connectivity index is 0.00000312. The summed E-state index contributed by atoms with van der Waals surface area (Å²) >= 11 is 0. The lowest BCUT2D eigenvalue weighted by Crippen LogP contribution is -2.36. The van der Waals surface area contributed by atoms with E-state index < -0.39 is 0 Å². The van der Waals surface area contributed by atoms with Crippen molar-refractivity contribution in [2.45, 2.75) is 38.5 Å². The number of nitrogens with two attached hydrogens (primary N) is 1. The highest BCUT2D eigenvalue weighted by atomic mass is 35.5. The number of hydrogen-bond donors (Lipinski definition) is 2. The molecule has 0 radical (unpaired) electrons. The van der Waals surface area contributed by atoms with E-state index in [-0.39, 0.29) is 23.7 Å². The van der Waals surface area contributed by atoms with Crippen LogP contribution in [0.5, 0.6) is 17.2 Å². The van der Waals surface area contributed by atoms with E-state index in [1.54, 1.807) is 33.5 Å². The first-order chi connectivity index (χ1) is 11.6. The summed E-state index contributed by atoms with van der Waals surface area (Å²) in [5.74, 6) is 1.50. The van der Waals surface area contributed by atoms with Crippen LogP contribution in [0.3, 0.4) is 0 Å². The molecule has 1 saturated carbocycles. The minimum Gasteiger partial charge on any atom is -0.493 e. The minimum atomic E-state index is -0.0665. The van der Waals surface area contributed by atoms with Crippen molar-refractivity contribution in [2.24, 2.45) is 11.1 Å². The fourth-order valence-electron chi connectivity index (χ4n) is 3.45. The molecule has 1 aliphatic carbocycles. The number of ether oxygens (including phenoxy) is 3. The first-order valence-electron chi connectivity index (χ1n) is 8.37. The van der Waals surface area contributed by atoms with Crippen LogP contribution >= 0.6 is 12.4 Å². The average molecular weight is 373 g/mol. The number of amides is 1. The molecule has 0 aromatic heterocycles. The molecule has 0 spiro atoms. The van der Waals surface area contributed by atoms with Gasteiger partial charge in [0.15, 0.2) is 11.5 Å². The Kier molecular flexibility index (Phi) is 8.32. The molecule has 0 atom stereocenters. The van der Waals surface area contributed by atoms with Crippen molar-refractivity contribution in [1.29, 1.82) is 0 Å². The van der Waals surface area contributed by atoms with Crippen molar-refractivity contribution < 1.29 is 19.0 Å². The maximum Gasteiger partial charge on any atom is 0.224 e. The molecule has 0 bridgehead atoms. The first-order valence-corrected chi connectivity index (χ1v) is 8.37. The lowest BCUT2D eigenvalue weighted by molar-refractivity contribution is -0.118. The van der Waals surface area contributed by atoms with Gasteiger partial charge in [0.1, 0.15) is 0 Å². The smallest absolute Gasteiger partial charge is 0.224 e. The van der Waals surface area contributed by atoms with Crippen LogP contribution in [0.1, 0.15) is 38.5 Å². The zero-order valence-electron chi connectivity index (χ0n) is 15.2. The minimum absolute atomic E-state index is 0. The van der Waals surface area contributed by atoms with Gasteiger partial charge in [0.2, 0.25) is 11.7 Å². The largest absolute Gasteiger partial charge is 0.493 e. The summed E-state index contributed by atoms with van der Waals surface area (Å²) in [5.41, 5.74) is 6.53. The van der Waals surface area contributed by atoms with E-state index in [1.165, 1.54) is 6.42 Å². The molecule has 7 heteroatoms. The number of methoxy groups -OCH3 is 3. The summed E-state index contributed by atoms with van der Waals surface area (Å²) in [6.07, 6.45) is 6.01. The van der Waals surface area contributed by atoms with E-state index in [2.05, 4.69) is 5.32 Å². The topological polar surface area (TPSA) is 82.8 Å². The second-order valence-corrected chi connectivity index (χ2v) is 6.40. The Hall–Kier alpha value is -1.66. The molecule has 1 amide bonds. The van der Waals surface area contributed by atoms with Gasteiger partial charge in [0.05, 0.1) is 21.3 Å². The number of carbonyl (C=O) groups is 1. The van der Waals surface area contributed by atoms with Crippen molar-refractivity contribution in [3.8, 4) is 17.2 Å². The van der Waals surface area contributed by atoms with Gasteiger partial charge in [-0.2, -0.15) is 0 Å². The molecule has 1 aromatic rings. The van der Waals surface area contributed by atoms with Crippen LogP contribution < -0.4 is 25.3 Å². The number of anilines is 1. The summed E-state index contributed by atoms with van der Waals surface area (Å²) < 4.78 is 15.9. The summed E-state index contributed by atoms with van der Waals surface area (Å²) in [6.45, 7) is 0.551. The summed E-state index contributed by atoms with van der Waals surface area (Å²) in [6, 6.07) is 3.46. The third-order valence-corrected chi connectivity index (χ3v) is 4.83. The van der Waals surface area contributed by atoms with Crippen molar-refractivity contribution in [2.75, 3.05) is 33.2 Å². The molecular weight excluding hydrogens is 344 g/mol. The monoisotopic (exact) mass is 372 g/mol. The standard InChI is InChI=1S/C18H28N2O4.ClH/c1-22-14-9-13(10-15(23-2)17(14)24-3)20-16(21)11-18(12-19)7-5-4-6-8-18;/h9-10H,4-8,11-12,19H2,1-3H3,(H,20,21);1H. The molecule has 0 aliphatic heterocycles. The van der Waals surface area contributed by atoms with E-state index in [0.29, 0.717) is 35.9 Å². The second kappa shape index (κ2) is 9.73. The Labute approximate surface area is 155 Å². The number of carbonyl (C=O) groups excluding carboxylic acids is 1. The molecule has 0 unspecified atom stereocenters. The van der Waals surface area contributed by atoms with Crippen LogP contribution in [0.25, 0.3) is 0 Å². The van der Waals surface area contributed by atoms with Gasteiger partial charge in [0, 0.05) is 24.2 Å². The molecule has 1 aromatic carbocycles. The molecule has 3 N–H and O–H groups in total. The molecule has 0 heterocycles. The Morgan fingerprint density at radius 1 is 1.08 bits per heavy atom. The van der Waals surface area contributed by atoms with Crippen LogP contribution in [0.15, 0.2) is 12.1 Å². The maximum atomic E-state index is 12.5. The molecule has 0 saturated heterocycles. The van der Waals surface area contributed by atoms with Gasteiger partial charge >= 0.3 is 0 Å². The third-order valence-electron chi connectivity index (χ3n) is 4.83. The van der Waals surface area contributed by atoms with E-state index in [0.717, 1.165) is 25.7 Å². The Morgan fingerprint density at radius 2 is 1.64 bits per heavy atom. The van der Waals surface area contributed by atoms with E-state index >= 15 is 0 Å². The fraction of sp³-hybridized carbons (Fsp3) is 0.611. The lowest BCUT2D eigenvalue weighted by Gasteiger charge is -2.35. The van der Waals surface area contributed by atoms with E-state index in [1.807, 2.05) is 0 Å². The second-order valence-electron chi connectivity index (χ2n) is 6.40. The maximum absolute atomic E-state index is 12.5. The van der Waals surface area contributed by atoms with Crippen molar-refractivity contribution >= 4 is 24.0 Å². The van der Waals surface area contributed by atoms with Crippen molar-refractivity contribution in [3.63, 3.8) is 0 Å². The number of hydrogen-bond acceptors (Lipinski definition) is 5. The lowest BCUT2D eigenvalue weighted by atomic mass is 9.71. The summed E-state index contributed by atoms with van der Waals surface area (Å²) in [4.78, 5) is 12.5. The highest BCUT2D eigenvalue weighted by molar-refractivity contribution is 5.92. The normalized spacial score (nSPS) is 15.7. The Bertz CT molecular complexity index is 549. The van der Waals surface area contributed by atoms with Gasteiger partial charge in [-0.05, 0) is 24.8 Å². The van der Waals surface area contributed by atoms with Crippen LogP contribution in [0, 0.1) is 5.41 Å². The summed E-state index contributed by atoms with van der Waals surface area (Å²) in [5, 5.41) is 2.94. The molecule has 1 aliphatic rings. The molecule has 1 fully saturated rings. The van der Waals surface area contributed by atoms with Gasteiger partial charge in [0.25, 0.3) is 0 Å². The van der Waals surface area contributed by atoms with Crippen LogP contribution in [0.4, 0.5) is 5.69 Å². The van der Waals surface area contributed by atoms with Gasteiger partial charge in [-0.3, -0.25) is 4.79 Å². The number of rotatable bonds is 7. The molecule has 142 valence electrons. The van der Waals surface area contributed by atoms with E-state index in [4.69, 9.17) is 19.9 Å². The summed E-state index contributed by atoms with van der Waals surface area (Å²) in [7, 11) is 4.65. The third kappa shape index (κ3) is 5.16. The Morgan fingerprint density at radius 3 is 2.08 bits per heavy atom. The van der Waals surface area contributed by atoms with Gasteiger partial charge in [-0.25, -0.2) is 0 Å². The highest BCUT2D eigenvalue weighted by Gasteiger charge is 2.33. The molecular formula is C18H29ClN2O4. The fourth-order valence-corrected chi connectivity index (χ4v) is 3.45. The molecule has 2 rings (SSSR count). The predicted molar refractivity (Wildman–Crippen MR) is 101 cm³/mol. The SMILES string of the molecule is COc1cc(NC(=O)CC2(CN)CCCCC2)cc(OC)c1OC.Cl. The van der Waals surface area contributed by atoms with Crippen molar-refractivity contribution in [1.82, 2.24) is 0 Å². The van der Waals surface area contributed by atoms with Gasteiger partial charge in [-0.15, -0.1) is 12.4 Å². The van der Waals surface area contributed by atoms with E-state index in [9.17, 15) is 4.79 Å². The predicted octanol–water partition coefficient (Wildman–Crippen LogP) is 3.37. The van der Waals surface area contributed by atoms with Crippen LogP contribution in [-0.2, 0) is 4.79 Å². The van der Waals surface area contributed by atoms with Gasteiger partial charge in [-0.1, -0.05) is 19.3 Å². The average Bonchev–Trinajstić information content (AvgIpc) is 2.61. The van der Waals surface area contributed by atoms with Crippen LogP contribution in [0.2, 0.25) is 0 Å². The number of benzene rings is 1. The first kappa shape index (κ1) is 21.4. The molecule has 6 nitrogen and oxygen atoms in total. The zero-order chi connectivity index (χ0) is 17.6. The quantitative estimate of drug-likeness (QED) is 0.766. The highest BCUT2D eigenvalue weighted by Crippen LogP contribution is 2.41. The number of nitrogens with one attached hydrogen (secondary N) is 1.